The average molecular weight is 314 g/mol. The Bertz CT molecular complexity index is 274. The van der Waals surface area contributed by atoms with Crippen LogP contribution >= 0.6 is 0 Å². The maximum atomic E-state index is 12.9. The Kier molecular flexibility index (Phi) is 7.78. The fourth-order valence-electron chi connectivity index (χ4n) is 0.954. The second-order valence-corrected chi connectivity index (χ2v) is 3.86. The molecule has 0 fully saturated rings. The lowest BCUT2D eigenvalue weighted by Crippen LogP contribution is -2.40. The zero-order chi connectivity index (χ0) is 15.9. The summed E-state index contributed by atoms with van der Waals surface area (Å²) in [7, 11) is 0. The topological polar surface area (TPSA) is 47.9 Å². The lowest BCUT2D eigenvalue weighted by atomic mass is 10.3. The van der Waals surface area contributed by atoms with Crippen molar-refractivity contribution in [1.82, 2.24) is 0 Å². The molecule has 0 aliphatic heterocycles. The molecule has 122 valence electrons. The molecule has 0 unspecified atom stereocenters. The van der Waals surface area contributed by atoms with Crippen LogP contribution in [0.5, 0.6) is 0 Å². The van der Waals surface area contributed by atoms with E-state index in [1.807, 2.05) is 0 Å². The van der Waals surface area contributed by atoms with Gasteiger partial charge in [0, 0.05) is 6.42 Å². The first-order valence-electron chi connectivity index (χ1n) is 5.63. The minimum Gasteiger partial charge on any atom is -0.394 e. The third-order valence-corrected chi connectivity index (χ3v) is 1.90. The van der Waals surface area contributed by atoms with E-state index < -0.39 is 57.6 Å². The summed E-state index contributed by atoms with van der Waals surface area (Å²) in [6.45, 7) is -4.50. The molecule has 0 spiro atoms. The summed E-state index contributed by atoms with van der Waals surface area (Å²) in [5, 5.41) is 8.26. The lowest BCUT2D eigenvalue weighted by Gasteiger charge is -2.24. The molecule has 0 saturated carbocycles. The van der Waals surface area contributed by atoms with Crippen molar-refractivity contribution in [1.29, 1.82) is 0 Å². The molecule has 0 rings (SSSR count). The standard InChI is InChI=1S/C10H16F6O4/c1-2-8(11,12)5-19-7-10(15,16)20-9(13,14)6-18-4-3-17/h17H,2-7H2,1H3. The molecule has 0 bridgehead atoms. The number of rotatable bonds is 11. The van der Waals surface area contributed by atoms with Crippen LogP contribution in [0, 0.1) is 0 Å². The van der Waals surface area contributed by atoms with E-state index in [9.17, 15) is 26.3 Å². The Morgan fingerprint density at radius 3 is 1.80 bits per heavy atom. The first-order chi connectivity index (χ1) is 9.04. The van der Waals surface area contributed by atoms with Crippen molar-refractivity contribution in [2.75, 3.05) is 33.0 Å². The van der Waals surface area contributed by atoms with Crippen molar-refractivity contribution in [2.45, 2.75) is 31.5 Å². The lowest BCUT2D eigenvalue weighted by molar-refractivity contribution is -0.394. The average Bonchev–Trinajstić information content (AvgIpc) is 2.27. The van der Waals surface area contributed by atoms with Crippen LogP contribution in [0.25, 0.3) is 0 Å². The maximum absolute atomic E-state index is 12.9. The highest BCUT2D eigenvalue weighted by Gasteiger charge is 2.45. The summed E-state index contributed by atoms with van der Waals surface area (Å²) >= 11 is 0. The van der Waals surface area contributed by atoms with Gasteiger partial charge in [-0.05, 0) is 0 Å². The van der Waals surface area contributed by atoms with Gasteiger partial charge in [-0.2, -0.15) is 17.6 Å². The van der Waals surface area contributed by atoms with E-state index in [-0.39, 0.29) is 0 Å². The van der Waals surface area contributed by atoms with Crippen LogP contribution in [0.15, 0.2) is 0 Å². The van der Waals surface area contributed by atoms with Crippen molar-refractivity contribution < 1.29 is 45.7 Å². The summed E-state index contributed by atoms with van der Waals surface area (Å²) in [5.41, 5.74) is 0. The summed E-state index contributed by atoms with van der Waals surface area (Å²) in [4.78, 5) is 0. The van der Waals surface area contributed by atoms with E-state index in [1.165, 1.54) is 0 Å². The fourth-order valence-corrected chi connectivity index (χ4v) is 0.954. The predicted molar refractivity (Wildman–Crippen MR) is 54.9 cm³/mol. The molecule has 20 heavy (non-hydrogen) atoms. The molecule has 0 atom stereocenters. The molecule has 10 heteroatoms. The number of alkyl halides is 6. The predicted octanol–water partition coefficient (Wildman–Crippen LogP) is 2.26. The van der Waals surface area contributed by atoms with Gasteiger partial charge in [0.15, 0.2) is 0 Å². The monoisotopic (exact) mass is 314 g/mol. The van der Waals surface area contributed by atoms with E-state index in [2.05, 4.69) is 14.2 Å². The van der Waals surface area contributed by atoms with Crippen molar-refractivity contribution in [3.05, 3.63) is 0 Å². The largest absolute Gasteiger partial charge is 0.394 e. The molecule has 0 saturated heterocycles. The van der Waals surface area contributed by atoms with E-state index in [0.29, 0.717) is 0 Å². The first kappa shape index (κ1) is 19.4. The van der Waals surface area contributed by atoms with E-state index in [0.717, 1.165) is 6.92 Å². The van der Waals surface area contributed by atoms with E-state index in [1.54, 1.807) is 0 Å². The highest BCUT2D eigenvalue weighted by atomic mass is 19.3. The Balaban J connectivity index is 4.16. The van der Waals surface area contributed by atoms with Gasteiger partial charge in [-0.15, -0.1) is 0 Å². The molecule has 1 N–H and O–H groups in total. The van der Waals surface area contributed by atoms with Crippen LogP contribution in [0.2, 0.25) is 0 Å². The van der Waals surface area contributed by atoms with Crippen molar-refractivity contribution in [2.24, 2.45) is 0 Å². The fraction of sp³-hybridized carbons (Fsp3) is 1.00. The van der Waals surface area contributed by atoms with Gasteiger partial charge in [-0.1, -0.05) is 6.92 Å². The Hall–Kier alpha value is -0.580. The Morgan fingerprint density at radius 2 is 1.35 bits per heavy atom. The van der Waals surface area contributed by atoms with Crippen LogP contribution in [0.4, 0.5) is 26.3 Å². The number of hydrogen-bond acceptors (Lipinski definition) is 4. The molecule has 0 aromatic rings. The van der Waals surface area contributed by atoms with Gasteiger partial charge in [0.1, 0.15) is 19.8 Å². The van der Waals surface area contributed by atoms with Gasteiger partial charge in [0.05, 0.1) is 13.2 Å². The summed E-state index contributed by atoms with van der Waals surface area (Å²) in [6, 6.07) is 0. The van der Waals surface area contributed by atoms with Crippen LogP contribution in [-0.2, 0) is 14.2 Å². The molecule has 0 aliphatic rings. The zero-order valence-electron chi connectivity index (χ0n) is 10.7. The number of aliphatic hydroxyl groups excluding tert-OH is 1. The third kappa shape index (κ3) is 9.34. The molecule has 0 aromatic heterocycles. The molecular formula is C10H16F6O4. The first-order valence-corrected chi connectivity index (χ1v) is 5.63. The minimum absolute atomic E-state index is 0.482. The van der Waals surface area contributed by atoms with Crippen molar-refractivity contribution in [3.8, 4) is 0 Å². The number of aliphatic hydroxyl groups is 1. The van der Waals surface area contributed by atoms with Gasteiger partial charge in [-0.25, -0.2) is 8.78 Å². The van der Waals surface area contributed by atoms with E-state index >= 15 is 0 Å². The van der Waals surface area contributed by atoms with Gasteiger partial charge in [-0.3, -0.25) is 4.74 Å². The van der Waals surface area contributed by atoms with E-state index in [4.69, 9.17) is 5.11 Å². The SMILES string of the molecule is CCC(F)(F)COCC(F)(F)OC(F)(F)COCCO. The highest BCUT2D eigenvalue weighted by molar-refractivity contribution is 4.64. The molecule has 4 nitrogen and oxygen atoms in total. The van der Waals surface area contributed by atoms with Crippen molar-refractivity contribution >= 4 is 0 Å². The van der Waals surface area contributed by atoms with Crippen LogP contribution in [0.1, 0.15) is 13.3 Å². The molecular weight excluding hydrogens is 298 g/mol. The number of halogens is 6. The summed E-state index contributed by atoms with van der Waals surface area (Å²) in [5.74, 6) is -3.32. The second-order valence-electron chi connectivity index (χ2n) is 3.86. The minimum atomic E-state index is -4.45. The summed E-state index contributed by atoms with van der Waals surface area (Å²) in [6.07, 6.45) is -9.42. The Labute approximate surface area is 111 Å². The van der Waals surface area contributed by atoms with Crippen LogP contribution in [-0.4, -0.2) is 56.3 Å². The summed E-state index contributed by atoms with van der Waals surface area (Å²) < 4.78 is 88.2. The Morgan fingerprint density at radius 1 is 0.850 bits per heavy atom. The second kappa shape index (κ2) is 8.01. The number of ether oxygens (including phenoxy) is 3. The molecule has 0 aliphatic carbocycles. The smallest absolute Gasteiger partial charge is 0.383 e. The van der Waals surface area contributed by atoms with Crippen LogP contribution in [0.3, 0.4) is 0 Å². The highest BCUT2D eigenvalue weighted by Crippen LogP contribution is 2.28. The normalized spacial score (nSPS) is 13.8. The van der Waals surface area contributed by atoms with Gasteiger partial charge < -0.3 is 14.6 Å². The maximum Gasteiger partial charge on any atom is 0.383 e. The third-order valence-electron chi connectivity index (χ3n) is 1.90. The quantitative estimate of drug-likeness (QED) is 0.469. The molecule has 0 aromatic carbocycles. The molecule has 0 radical (unpaired) electrons. The van der Waals surface area contributed by atoms with Gasteiger partial charge >= 0.3 is 12.2 Å². The molecule has 0 heterocycles. The van der Waals surface area contributed by atoms with Gasteiger partial charge in [0.2, 0.25) is 0 Å². The zero-order valence-corrected chi connectivity index (χ0v) is 10.7. The van der Waals surface area contributed by atoms with Gasteiger partial charge in [0.25, 0.3) is 5.92 Å². The number of hydrogen-bond donors (Lipinski definition) is 1. The van der Waals surface area contributed by atoms with Crippen LogP contribution < -0.4 is 0 Å². The van der Waals surface area contributed by atoms with Crippen molar-refractivity contribution in [3.63, 3.8) is 0 Å². The molecule has 0 amide bonds.